The van der Waals surface area contributed by atoms with Gasteiger partial charge in [-0.05, 0) is 70.6 Å². The molecule has 1 aromatic heterocycles. The standard InChI is InChI=1S/C30H37F2N7O4S/c1-30(2)27-25(18-39(30)44(41,42)23-14-19(31)13-20(32)15-23)28(36-35-27)34-29(40)24-7-6-21(38-9-11-43-12-10-38)16-26(24)33-17-22-5-4-8-37(22)3/h6-7,13-16,22,33H,4-5,8-12,17-18H2,1-3H3,(H2,34,35,36,40). The molecule has 2 saturated heterocycles. The average Bonchev–Trinajstić information content (AvgIpc) is 3.67. The van der Waals surface area contributed by atoms with Crippen molar-refractivity contribution in [2.24, 2.45) is 0 Å². The number of halogens is 2. The van der Waals surface area contributed by atoms with Gasteiger partial charge >= 0.3 is 0 Å². The van der Waals surface area contributed by atoms with Gasteiger partial charge in [-0.15, -0.1) is 0 Å². The average molecular weight is 630 g/mol. The third-order valence-electron chi connectivity index (χ3n) is 8.88. The van der Waals surface area contributed by atoms with Crippen molar-refractivity contribution in [1.29, 1.82) is 0 Å². The van der Waals surface area contributed by atoms with E-state index >= 15 is 0 Å². The van der Waals surface area contributed by atoms with E-state index in [0.29, 0.717) is 54.4 Å². The lowest BCUT2D eigenvalue weighted by Gasteiger charge is -2.30. The lowest BCUT2D eigenvalue weighted by atomic mass is 10.0. The Labute approximate surface area is 255 Å². The van der Waals surface area contributed by atoms with Crippen molar-refractivity contribution >= 4 is 33.1 Å². The summed E-state index contributed by atoms with van der Waals surface area (Å²) in [5, 5.41) is 13.6. The Morgan fingerprint density at radius 2 is 1.84 bits per heavy atom. The van der Waals surface area contributed by atoms with E-state index in [-0.39, 0.29) is 12.4 Å². The van der Waals surface area contributed by atoms with Crippen LogP contribution in [0.15, 0.2) is 41.3 Å². The molecule has 3 aliphatic heterocycles. The first-order valence-corrected chi connectivity index (χ1v) is 16.2. The van der Waals surface area contributed by atoms with Crippen molar-refractivity contribution in [3.05, 3.63) is 64.9 Å². The summed E-state index contributed by atoms with van der Waals surface area (Å²) in [6.07, 6.45) is 2.20. The smallest absolute Gasteiger partial charge is 0.258 e. The Kier molecular flexibility index (Phi) is 8.11. The van der Waals surface area contributed by atoms with E-state index in [1.807, 2.05) is 12.1 Å². The van der Waals surface area contributed by atoms with Crippen LogP contribution >= 0.6 is 0 Å². The molecular formula is C30H37F2N7O4S. The van der Waals surface area contributed by atoms with Crippen LogP contribution in [0.3, 0.4) is 0 Å². The number of H-pyrrole nitrogens is 1. The SMILES string of the molecule is CN1CCCC1CNc1cc(N2CCOCC2)ccc1C(=O)Nc1n[nH]c2c1CN(S(=O)(=O)c1cc(F)cc(F)c1)C2(C)C. The molecule has 0 spiro atoms. The number of hydrogen-bond acceptors (Lipinski definition) is 8. The number of nitrogens with zero attached hydrogens (tertiary/aromatic N) is 4. The highest BCUT2D eigenvalue weighted by Crippen LogP contribution is 2.44. The summed E-state index contributed by atoms with van der Waals surface area (Å²) < 4.78 is 61.6. The minimum Gasteiger partial charge on any atom is -0.383 e. The molecule has 0 bridgehead atoms. The largest absolute Gasteiger partial charge is 0.383 e. The molecule has 2 fully saturated rings. The second kappa shape index (κ2) is 11.7. The van der Waals surface area contributed by atoms with Gasteiger partial charge in [0.25, 0.3) is 5.91 Å². The lowest BCUT2D eigenvalue weighted by Crippen LogP contribution is -2.40. The lowest BCUT2D eigenvalue weighted by molar-refractivity contribution is 0.102. The fourth-order valence-corrected chi connectivity index (χ4v) is 8.09. The van der Waals surface area contributed by atoms with Crippen LogP contribution in [0, 0.1) is 11.6 Å². The zero-order chi connectivity index (χ0) is 31.2. The second-order valence-electron chi connectivity index (χ2n) is 12.0. The molecule has 1 amide bonds. The van der Waals surface area contributed by atoms with E-state index in [2.05, 4.69) is 37.7 Å². The number of sulfonamides is 1. The molecule has 3 N–H and O–H groups in total. The Bertz CT molecular complexity index is 1650. The van der Waals surface area contributed by atoms with Gasteiger partial charge in [0.15, 0.2) is 5.82 Å². The molecular weight excluding hydrogens is 592 g/mol. The molecule has 1 atom stereocenters. The Morgan fingerprint density at radius 3 is 2.52 bits per heavy atom. The number of likely N-dealkylation sites (tertiary alicyclic amines) is 1. The number of anilines is 3. The number of carbonyl (C=O) groups is 1. The maximum atomic E-state index is 13.9. The van der Waals surface area contributed by atoms with Crippen LogP contribution < -0.4 is 15.5 Å². The van der Waals surface area contributed by atoms with Crippen molar-refractivity contribution in [1.82, 2.24) is 19.4 Å². The van der Waals surface area contributed by atoms with Gasteiger partial charge in [-0.3, -0.25) is 9.89 Å². The Balaban J connectivity index is 1.26. The van der Waals surface area contributed by atoms with Gasteiger partial charge in [0.2, 0.25) is 10.0 Å². The number of amides is 1. The Hall–Kier alpha value is -3.59. The van der Waals surface area contributed by atoms with Gasteiger partial charge in [-0.1, -0.05) is 0 Å². The highest BCUT2D eigenvalue weighted by Gasteiger charge is 2.48. The van der Waals surface area contributed by atoms with E-state index in [4.69, 9.17) is 4.74 Å². The van der Waals surface area contributed by atoms with Gasteiger partial charge in [0, 0.05) is 55.2 Å². The topological polar surface area (TPSA) is 123 Å². The fraction of sp³-hybridized carbons (Fsp3) is 0.467. The zero-order valence-electron chi connectivity index (χ0n) is 25.0. The number of fused-ring (bicyclic) bond motifs is 1. The summed E-state index contributed by atoms with van der Waals surface area (Å²) in [6.45, 7) is 7.70. The van der Waals surface area contributed by atoms with E-state index in [9.17, 15) is 22.0 Å². The summed E-state index contributed by atoms with van der Waals surface area (Å²) in [6, 6.07) is 8.25. The minimum atomic E-state index is -4.30. The van der Waals surface area contributed by atoms with E-state index in [0.717, 1.165) is 54.6 Å². The molecule has 236 valence electrons. The number of aromatic amines is 1. The van der Waals surface area contributed by atoms with Gasteiger partial charge in [0.1, 0.15) is 11.6 Å². The monoisotopic (exact) mass is 629 g/mol. The third kappa shape index (κ3) is 5.67. The van der Waals surface area contributed by atoms with E-state index < -0.39 is 38.0 Å². The first kappa shape index (κ1) is 30.4. The maximum Gasteiger partial charge on any atom is 0.258 e. The van der Waals surface area contributed by atoms with Gasteiger partial charge in [0.05, 0.1) is 34.9 Å². The summed E-state index contributed by atoms with van der Waals surface area (Å²) in [5.74, 6) is -2.18. The predicted molar refractivity (Wildman–Crippen MR) is 162 cm³/mol. The number of aromatic nitrogens is 2. The normalized spacial score (nSPS) is 20.6. The molecule has 44 heavy (non-hydrogen) atoms. The summed E-state index contributed by atoms with van der Waals surface area (Å²) in [5.41, 5.74) is 1.94. The van der Waals surface area contributed by atoms with Crippen molar-refractivity contribution in [2.45, 2.75) is 49.7 Å². The van der Waals surface area contributed by atoms with Gasteiger partial charge in [-0.2, -0.15) is 9.40 Å². The van der Waals surface area contributed by atoms with Crippen LogP contribution in [0.25, 0.3) is 0 Å². The van der Waals surface area contributed by atoms with Crippen LogP contribution in [-0.2, 0) is 26.8 Å². The maximum absolute atomic E-state index is 13.9. The molecule has 3 aromatic rings. The molecule has 1 unspecified atom stereocenters. The first-order valence-electron chi connectivity index (χ1n) is 14.7. The Morgan fingerprint density at radius 1 is 1.11 bits per heavy atom. The number of ether oxygens (including phenoxy) is 1. The first-order chi connectivity index (χ1) is 20.9. The molecule has 0 saturated carbocycles. The molecule has 0 radical (unpaired) electrons. The number of nitrogens with one attached hydrogen (secondary N) is 3. The molecule has 3 aliphatic rings. The van der Waals surface area contributed by atoms with Crippen LogP contribution in [0.2, 0.25) is 0 Å². The highest BCUT2D eigenvalue weighted by molar-refractivity contribution is 7.89. The third-order valence-corrected chi connectivity index (χ3v) is 10.9. The molecule has 6 rings (SSSR count). The molecule has 11 nitrogen and oxygen atoms in total. The fourth-order valence-electron chi connectivity index (χ4n) is 6.32. The van der Waals surface area contributed by atoms with Crippen molar-refractivity contribution in [2.75, 3.05) is 62.0 Å². The van der Waals surface area contributed by atoms with Crippen LogP contribution in [0.1, 0.15) is 48.3 Å². The highest BCUT2D eigenvalue weighted by atomic mass is 32.2. The number of rotatable bonds is 8. The number of hydrogen-bond donors (Lipinski definition) is 3. The van der Waals surface area contributed by atoms with Crippen molar-refractivity contribution < 1.29 is 26.7 Å². The number of carbonyl (C=O) groups excluding carboxylic acids is 1. The number of benzene rings is 2. The van der Waals surface area contributed by atoms with Crippen LogP contribution in [-0.4, -0.2) is 86.2 Å². The second-order valence-corrected chi connectivity index (χ2v) is 13.9. The summed E-state index contributed by atoms with van der Waals surface area (Å²) in [4.78, 5) is 17.8. The van der Waals surface area contributed by atoms with Crippen molar-refractivity contribution in [3.63, 3.8) is 0 Å². The molecule has 2 aromatic carbocycles. The van der Waals surface area contributed by atoms with E-state index in [1.54, 1.807) is 19.9 Å². The van der Waals surface area contributed by atoms with Gasteiger partial charge in [-0.25, -0.2) is 17.2 Å². The van der Waals surface area contributed by atoms with E-state index in [1.165, 1.54) is 0 Å². The summed E-state index contributed by atoms with van der Waals surface area (Å²) >= 11 is 0. The molecule has 4 heterocycles. The van der Waals surface area contributed by atoms with Gasteiger partial charge < -0.3 is 25.2 Å². The zero-order valence-corrected chi connectivity index (χ0v) is 25.8. The predicted octanol–water partition coefficient (Wildman–Crippen LogP) is 3.72. The molecule has 14 heteroatoms. The van der Waals surface area contributed by atoms with Crippen LogP contribution in [0.5, 0.6) is 0 Å². The van der Waals surface area contributed by atoms with Crippen molar-refractivity contribution in [3.8, 4) is 0 Å². The quantitative estimate of drug-likeness (QED) is 0.345. The van der Waals surface area contributed by atoms with Crippen LogP contribution in [0.4, 0.5) is 26.0 Å². The summed E-state index contributed by atoms with van der Waals surface area (Å²) in [7, 11) is -2.20. The number of morpholine rings is 1. The number of likely N-dealkylation sites (N-methyl/N-ethyl adjacent to an activating group) is 1. The molecule has 0 aliphatic carbocycles. The minimum absolute atomic E-state index is 0.149.